The second-order valence-electron chi connectivity index (χ2n) is 5.85. The van der Waals surface area contributed by atoms with Gasteiger partial charge >= 0.3 is 0 Å². The van der Waals surface area contributed by atoms with Crippen LogP contribution in [0.15, 0.2) is 53.4 Å². The number of ether oxygens (including phenoxy) is 2. The molecule has 3 rings (SSSR count). The zero-order valence-electron chi connectivity index (χ0n) is 15.1. The number of carbonyl (C=O) groups is 1. The lowest BCUT2D eigenvalue weighted by atomic mass is 10.1. The van der Waals surface area contributed by atoms with Crippen LogP contribution >= 0.6 is 11.8 Å². The third-order valence-corrected chi connectivity index (χ3v) is 5.25. The number of nitrogens with zero attached hydrogens (tertiary/aromatic N) is 2. The van der Waals surface area contributed by atoms with E-state index in [0.717, 1.165) is 28.3 Å². The third kappa shape index (κ3) is 4.63. The minimum atomic E-state index is -0.0475. The summed E-state index contributed by atoms with van der Waals surface area (Å²) < 4.78 is 10.6. The summed E-state index contributed by atoms with van der Waals surface area (Å²) in [6, 6.07) is 15.3. The van der Waals surface area contributed by atoms with Crippen LogP contribution in [-0.4, -0.2) is 31.9 Å². The number of rotatable bonds is 5. The van der Waals surface area contributed by atoms with E-state index < -0.39 is 0 Å². The molecule has 27 heavy (non-hydrogen) atoms. The predicted octanol–water partition coefficient (Wildman–Crippen LogP) is 4.14. The fourth-order valence-corrected chi connectivity index (χ4v) is 3.83. The fourth-order valence-electron chi connectivity index (χ4n) is 2.83. The van der Waals surface area contributed by atoms with E-state index in [9.17, 15) is 4.79 Å². The van der Waals surface area contributed by atoms with Gasteiger partial charge in [0.05, 0.1) is 12.8 Å². The summed E-state index contributed by atoms with van der Waals surface area (Å²) in [5.74, 6) is 1.98. The normalized spacial score (nSPS) is 13.6. The second kappa shape index (κ2) is 9.15. The van der Waals surface area contributed by atoms with E-state index in [1.165, 1.54) is 0 Å². The molecule has 0 N–H and O–H groups in total. The molecule has 2 aromatic rings. The van der Waals surface area contributed by atoms with Gasteiger partial charge in [-0.1, -0.05) is 18.2 Å². The lowest BCUT2D eigenvalue weighted by Crippen LogP contribution is -2.30. The smallest absolute Gasteiger partial charge is 0.251 e. The number of carbonyl (C=O) groups excluding carboxylic acids is 1. The van der Waals surface area contributed by atoms with Crippen LogP contribution in [0.1, 0.15) is 12.0 Å². The Hall–Kier alpha value is -2.91. The van der Waals surface area contributed by atoms with Crippen LogP contribution in [0.3, 0.4) is 0 Å². The van der Waals surface area contributed by atoms with E-state index in [1.54, 1.807) is 43.2 Å². The topological polar surface area (TPSA) is 62.6 Å². The first-order valence-corrected chi connectivity index (χ1v) is 9.60. The van der Waals surface area contributed by atoms with Gasteiger partial charge in [0.2, 0.25) is 0 Å². The quantitative estimate of drug-likeness (QED) is 0.730. The summed E-state index contributed by atoms with van der Waals surface area (Å²) >= 11 is 1.79. The summed E-state index contributed by atoms with van der Waals surface area (Å²) in [6.07, 6.45) is 4.30. The average molecular weight is 380 g/mol. The minimum absolute atomic E-state index is 0.0452. The molecule has 1 amide bonds. The van der Waals surface area contributed by atoms with Crippen molar-refractivity contribution in [3.05, 3.63) is 54.1 Å². The lowest BCUT2D eigenvalue weighted by molar-refractivity contribution is -0.114. The van der Waals surface area contributed by atoms with E-state index >= 15 is 0 Å². The number of methoxy groups -OCH3 is 1. The SMILES string of the molecule is COc1cc(C=CC(=O)N2CCCSc3ccccc32)ccc1OCC#N. The Morgan fingerprint density at radius 3 is 2.96 bits per heavy atom. The van der Waals surface area contributed by atoms with Crippen molar-refractivity contribution in [3.8, 4) is 17.6 Å². The molecule has 0 radical (unpaired) electrons. The molecule has 0 bridgehead atoms. The highest BCUT2D eigenvalue weighted by Crippen LogP contribution is 2.34. The first kappa shape index (κ1) is 18.9. The van der Waals surface area contributed by atoms with E-state index in [0.29, 0.717) is 18.0 Å². The fraction of sp³-hybridized carbons (Fsp3) is 0.238. The molecule has 0 aromatic heterocycles. The Balaban J connectivity index is 1.78. The molecular weight excluding hydrogens is 360 g/mol. The van der Waals surface area contributed by atoms with Crippen LogP contribution in [0.25, 0.3) is 6.08 Å². The van der Waals surface area contributed by atoms with Crippen molar-refractivity contribution in [2.75, 3.05) is 30.9 Å². The summed E-state index contributed by atoms with van der Waals surface area (Å²) in [4.78, 5) is 15.8. The molecule has 0 aliphatic carbocycles. The molecule has 0 atom stereocenters. The Bertz CT molecular complexity index is 889. The molecule has 1 aliphatic heterocycles. The van der Waals surface area contributed by atoms with E-state index in [-0.39, 0.29) is 12.5 Å². The maximum absolute atomic E-state index is 12.8. The molecule has 2 aromatic carbocycles. The molecule has 1 aliphatic rings. The van der Waals surface area contributed by atoms with Gasteiger partial charge in [-0.05, 0) is 48.1 Å². The molecule has 138 valence electrons. The Morgan fingerprint density at radius 1 is 1.30 bits per heavy atom. The molecule has 0 saturated heterocycles. The van der Waals surface area contributed by atoms with Crippen molar-refractivity contribution in [2.45, 2.75) is 11.3 Å². The Morgan fingerprint density at radius 2 is 2.15 bits per heavy atom. The highest BCUT2D eigenvalue weighted by atomic mass is 32.2. The molecule has 0 unspecified atom stereocenters. The number of para-hydroxylation sites is 1. The van der Waals surface area contributed by atoms with Crippen LogP contribution in [0.4, 0.5) is 5.69 Å². The average Bonchev–Trinajstić information content (AvgIpc) is 2.93. The van der Waals surface area contributed by atoms with Crippen LogP contribution in [0, 0.1) is 11.3 Å². The van der Waals surface area contributed by atoms with Crippen molar-refractivity contribution < 1.29 is 14.3 Å². The first-order chi connectivity index (χ1) is 13.2. The number of benzene rings is 2. The van der Waals surface area contributed by atoms with Crippen LogP contribution in [0.2, 0.25) is 0 Å². The minimum Gasteiger partial charge on any atom is -0.493 e. The lowest BCUT2D eigenvalue weighted by Gasteiger charge is -2.20. The van der Waals surface area contributed by atoms with E-state index in [4.69, 9.17) is 14.7 Å². The Labute approximate surface area is 163 Å². The zero-order valence-corrected chi connectivity index (χ0v) is 15.9. The van der Waals surface area contributed by atoms with Crippen LogP contribution in [0.5, 0.6) is 11.5 Å². The number of nitriles is 1. The van der Waals surface area contributed by atoms with Gasteiger partial charge in [-0.15, -0.1) is 11.8 Å². The first-order valence-electron chi connectivity index (χ1n) is 8.62. The van der Waals surface area contributed by atoms with Crippen molar-refractivity contribution in [2.24, 2.45) is 0 Å². The standard InChI is InChI=1S/C21H20N2O3S/c1-25-19-15-16(7-9-18(19)26-13-11-22)8-10-21(24)23-12-4-14-27-20-6-3-2-5-17(20)23/h2-3,5-10,15H,4,12-14H2,1H3. The van der Waals surface area contributed by atoms with Gasteiger partial charge in [-0.3, -0.25) is 4.79 Å². The van der Waals surface area contributed by atoms with Gasteiger partial charge in [0.1, 0.15) is 6.07 Å². The number of anilines is 1. The van der Waals surface area contributed by atoms with Crippen molar-refractivity contribution >= 4 is 29.4 Å². The number of hydrogen-bond donors (Lipinski definition) is 0. The summed E-state index contributed by atoms with van der Waals surface area (Å²) in [6.45, 7) is 0.661. The molecule has 0 fully saturated rings. The zero-order chi connectivity index (χ0) is 19.1. The largest absolute Gasteiger partial charge is 0.493 e. The molecular formula is C21H20N2O3S. The maximum atomic E-state index is 12.8. The number of thioether (sulfide) groups is 1. The van der Waals surface area contributed by atoms with Crippen molar-refractivity contribution in [1.29, 1.82) is 5.26 Å². The monoisotopic (exact) mass is 380 g/mol. The molecule has 1 heterocycles. The molecule has 0 saturated carbocycles. The summed E-state index contributed by atoms with van der Waals surface area (Å²) in [7, 11) is 1.54. The van der Waals surface area contributed by atoms with Gasteiger partial charge in [-0.25, -0.2) is 0 Å². The number of amides is 1. The van der Waals surface area contributed by atoms with Crippen LogP contribution in [-0.2, 0) is 4.79 Å². The van der Waals surface area contributed by atoms with Crippen molar-refractivity contribution in [1.82, 2.24) is 0 Å². The molecule has 0 spiro atoms. The van der Waals surface area contributed by atoms with E-state index in [1.807, 2.05) is 35.2 Å². The molecule has 6 heteroatoms. The van der Waals surface area contributed by atoms with Gasteiger partial charge in [0.15, 0.2) is 18.1 Å². The highest BCUT2D eigenvalue weighted by molar-refractivity contribution is 7.99. The summed E-state index contributed by atoms with van der Waals surface area (Å²) in [5.41, 5.74) is 1.79. The molecule has 5 nitrogen and oxygen atoms in total. The van der Waals surface area contributed by atoms with Gasteiger partial charge in [-0.2, -0.15) is 5.26 Å². The summed E-state index contributed by atoms with van der Waals surface area (Å²) in [5, 5.41) is 8.63. The van der Waals surface area contributed by atoms with Gasteiger partial charge in [0, 0.05) is 17.5 Å². The van der Waals surface area contributed by atoms with Crippen molar-refractivity contribution in [3.63, 3.8) is 0 Å². The Kier molecular flexibility index (Phi) is 6.39. The number of fused-ring (bicyclic) bond motifs is 1. The van der Waals surface area contributed by atoms with Gasteiger partial charge in [0.25, 0.3) is 5.91 Å². The number of hydrogen-bond acceptors (Lipinski definition) is 5. The third-order valence-electron chi connectivity index (χ3n) is 4.10. The maximum Gasteiger partial charge on any atom is 0.251 e. The van der Waals surface area contributed by atoms with Crippen LogP contribution < -0.4 is 14.4 Å². The predicted molar refractivity (Wildman–Crippen MR) is 107 cm³/mol. The van der Waals surface area contributed by atoms with E-state index in [2.05, 4.69) is 6.07 Å². The second-order valence-corrected chi connectivity index (χ2v) is 6.99. The van der Waals surface area contributed by atoms with Gasteiger partial charge < -0.3 is 14.4 Å². The highest BCUT2D eigenvalue weighted by Gasteiger charge is 2.19.